The Morgan fingerprint density at radius 2 is 1.50 bits per heavy atom. The first-order valence-corrected chi connectivity index (χ1v) is 2.72. The largest absolute Gasteiger partial charge is 0.197 e. The van der Waals surface area contributed by atoms with Gasteiger partial charge in [0.1, 0.15) is 11.0 Å². The Hall–Kier alpha value is -0.497. The van der Waals surface area contributed by atoms with Crippen molar-refractivity contribution >= 4 is 11.0 Å². The summed E-state index contributed by atoms with van der Waals surface area (Å²) in [5, 5.41) is 10.3. The molecule has 2 aromatic rings. The third kappa shape index (κ3) is 1.17. The number of fused-ring (bicyclic) bond motifs is 1. The molecule has 0 aliphatic carbocycles. The van der Waals surface area contributed by atoms with Crippen molar-refractivity contribution in [1.29, 1.82) is 0 Å². The Morgan fingerprint density at radius 1 is 1.00 bits per heavy atom. The van der Waals surface area contributed by atoms with E-state index in [0.717, 1.165) is 11.0 Å². The maximum atomic E-state index is 3.88. The molecule has 10 heavy (non-hydrogen) atoms. The smallest absolute Gasteiger partial charge is 0.112 e. The number of rotatable bonds is 0. The molecule has 1 aromatic carbocycles. The Kier molecular flexibility index (Phi) is 2.33. The molecule has 0 unspecified atom stereocenters. The molecular formula is C6H5AtN3. The molecule has 0 fully saturated rings. The molecule has 2 rings (SSSR count). The minimum absolute atomic E-state index is 0. The minimum atomic E-state index is 0. The second-order valence-corrected chi connectivity index (χ2v) is 1.81. The van der Waals surface area contributed by atoms with Gasteiger partial charge in [0.15, 0.2) is 0 Å². The standard InChI is InChI=1S/C6H5N3.At/c1-2-4-6-5(3-1)7-9-8-6;/h1-4H,(H,7,8,9);. The fourth-order valence-electron chi connectivity index (χ4n) is 0.786. The van der Waals surface area contributed by atoms with Gasteiger partial charge < -0.3 is 0 Å². The van der Waals surface area contributed by atoms with Crippen molar-refractivity contribution in [2.75, 3.05) is 0 Å². The first kappa shape index (κ1) is 7.61. The molecule has 3 nitrogen and oxygen atoms in total. The van der Waals surface area contributed by atoms with Crippen molar-refractivity contribution in [3.63, 3.8) is 0 Å². The number of benzene rings is 1. The molecule has 0 aliphatic rings. The molecule has 4 heteroatoms. The summed E-state index contributed by atoms with van der Waals surface area (Å²) in [7, 11) is 0. The van der Waals surface area contributed by atoms with Crippen molar-refractivity contribution in [3.8, 4) is 0 Å². The van der Waals surface area contributed by atoms with E-state index in [1.807, 2.05) is 24.3 Å². The van der Waals surface area contributed by atoms with Gasteiger partial charge in [-0.1, -0.05) is 12.1 Å². The number of hydrogen-bond donors (Lipinski definition) is 1. The van der Waals surface area contributed by atoms with Crippen LogP contribution >= 0.6 is 0 Å². The number of hydrogen-bond acceptors (Lipinski definition) is 2. The van der Waals surface area contributed by atoms with Gasteiger partial charge in [-0.3, -0.25) is 0 Å². The maximum Gasteiger partial charge on any atom is 0.112 e. The zero-order valence-electron chi connectivity index (χ0n) is 5.08. The molecule has 1 aromatic heterocycles. The van der Waals surface area contributed by atoms with Crippen LogP contribution in [0.15, 0.2) is 24.3 Å². The second-order valence-electron chi connectivity index (χ2n) is 1.81. The molecule has 0 spiro atoms. The van der Waals surface area contributed by atoms with E-state index in [2.05, 4.69) is 15.4 Å². The Bertz CT molecular complexity index is 287. The van der Waals surface area contributed by atoms with Crippen LogP contribution in [0, 0.1) is 26.2 Å². The quantitative estimate of drug-likeness (QED) is 0.782. The Labute approximate surface area is 76.9 Å². The number of H-pyrrole nitrogens is 1. The summed E-state index contributed by atoms with van der Waals surface area (Å²) in [6, 6.07) is 7.70. The van der Waals surface area contributed by atoms with Gasteiger partial charge in [-0.05, 0) is 12.1 Å². The average Bonchev–Trinajstić information content (AvgIpc) is 2.33. The Balaban J connectivity index is 0.000000500. The first-order valence-electron chi connectivity index (χ1n) is 2.72. The fraction of sp³-hybridized carbons (Fsp3) is 0. The van der Waals surface area contributed by atoms with Crippen molar-refractivity contribution in [1.82, 2.24) is 15.4 Å². The van der Waals surface area contributed by atoms with Crippen LogP contribution in [0.2, 0.25) is 0 Å². The molecule has 0 aliphatic heterocycles. The molecule has 0 saturated heterocycles. The summed E-state index contributed by atoms with van der Waals surface area (Å²) in [5.74, 6) is 0. The third-order valence-corrected chi connectivity index (χ3v) is 1.22. The van der Waals surface area contributed by atoms with Crippen LogP contribution in [0.4, 0.5) is 0 Å². The topological polar surface area (TPSA) is 41.6 Å². The molecule has 0 amide bonds. The Morgan fingerprint density at radius 3 is 2.00 bits per heavy atom. The average molecular weight is 329 g/mol. The molecule has 0 saturated carbocycles. The van der Waals surface area contributed by atoms with E-state index in [1.54, 1.807) is 0 Å². The number of aromatic nitrogens is 3. The van der Waals surface area contributed by atoms with Crippen LogP contribution in [-0.2, 0) is 0 Å². The molecule has 1 radical (unpaired) electrons. The van der Waals surface area contributed by atoms with E-state index in [-0.39, 0.29) is 26.2 Å². The summed E-state index contributed by atoms with van der Waals surface area (Å²) in [6.07, 6.45) is 0. The van der Waals surface area contributed by atoms with Gasteiger partial charge in [-0.15, -0.1) is 0 Å². The van der Waals surface area contributed by atoms with E-state index < -0.39 is 0 Å². The maximum absolute atomic E-state index is 3.88. The van der Waals surface area contributed by atoms with Gasteiger partial charge in [0, 0.05) is 26.2 Å². The summed E-state index contributed by atoms with van der Waals surface area (Å²) in [4.78, 5) is 0. The van der Waals surface area contributed by atoms with Gasteiger partial charge in [-0.25, -0.2) is 0 Å². The SMILES string of the molecule is [At].c1ccc2n[nH]nc2c1. The van der Waals surface area contributed by atoms with Gasteiger partial charge in [0.05, 0.1) is 0 Å². The fourth-order valence-corrected chi connectivity index (χ4v) is 0.786. The van der Waals surface area contributed by atoms with E-state index in [9.17, 15) is 0 Å². The minimum Gasteiger partial charge on any atom is -0.197 e. The molecule has 1 N–H and O–H groups in total. The molecular weight excluding hydrogens is 324 g/mol. The van der Waals surface area contributed by atoms with Crippen LogP contribution in [0.5, 0.6) is 0 Å². The van der Waals surface area contributed by atoms with Gasteiger partial charge in [-0.2, -0.15) is 15.4 Å². The molecule has 51 valence electrons. The van der Waals surface area contributed by atoms with E-state index >= 15 is 0 Å². The number of nitrogens with zero attached hydrogens (tertiary/aromatic N) is 2. The monoisotopic (exact) mass is 329 g/mol. The summed E-state index contributed by atoms with van der Waals surface area (Å²) in [5.41, 5.74) is 1.83. The van der Waals surface area contributed by atoms with Gasteiger partial charge in [0.2, 0.25) is 0 Å². The molecule has 1 heterocycles. The van der Waals surface area contributed by atoms with Crippen LogP contribution in [0.1, 0.15) is 0 Å². The second kappa shape index (κ2) is 3.06. The number of aromatic amines is 1. The summed E-state index contributed by atoms with van der Waals surface area (Å²) < 4.78 is 0. The van der Waals surface area contributed by atoms with Crippen molar-refractivity contribution < 1.29 is 26.2 Å². The molecule has 0 atom stereocenters. The van der Waals surface area contributed by atoms with Crippen LogP contribution in [-0.4, -0.2) is 15.4 Å². The van der Waals surface area contributed by atoms with E-state index in [4.69, 9.17) is 0 Å². The number of nitrogens with one attached hydrogen (secondary N) is 1. The summed E-state index contributed by atoms with van der Waals surface area (Å²) >= 11 is 0. The van der Waals surface area contributed by atoms with Crippen molar-refractivity contribution in [3.05, 3.63) is 24.3 Å². The van der Waals surface area contributed by atoms with Crippen LogP contribution in [0.25, 0.3) is 11.0 Å². The molecule has 0 bridgehead atoms. The zero-order valence-corrected chi connectivity index (χ0v) is 8.02. The van der Waals surface area contributed by atoms with Crippen molar-refractivity contribution in [2.24, 2.45) is 0 Å². The van der Waals surface area contributed by atoms with Crippen molar-refractivity contribution in [2.45, 2.75) is 0 Å². The van der Waals surface area contributed by atoms with Gasteiger partial charge >= 0.3 is 0 Å². The van der Waals surface area contributed by atoms with Crippen LogP contribution in [0.3, 0.4) is 0 Å². The van der Waals surface area contributed by atoms with Gasteiger partial charge in [0.25, 0.3) is 0 Å². The van der Waals surface area contributed by atoms with E-state index in [0.29, 0.717) is 0 Å². The predicted molar refractivity (Wildman–Crippen MR) is 33.9 cm³/mol. The predicted octanol–water partition coefficient (Wildman–Crippen LogP) is 0.958. The normalized spacial score (nSPS) is 9.20. The zero-order chi connectivity index (χ0) is 6.10. The first-order chi connectivity index (χ1) is 4.47. The van der Waals surface area contributed by atoms with Crippen LogP contribution < -0.4 is 0 Å². The third-order valence-electron chi connectivity index (χ3n) is 1.22. The number of para-hydroxylation sites is 2. The van der Waals surface area contributed by atoms with E-state index in [1.165, 1.54) is 0 Å². The summed E-state index contributed by atoms with van der Waals surface area (Å²) in [6.45, 7) is 0.